The zero-order valence-electron chi connectivity index (χ0n) is 7.12. The molecule has 1 aliphatic rings. The molecular formula is C9H17NO. The van der Waals surface area contributed by atoms with Gasteiger partial charge in [0, 0.05) is 6.04 Å². The molecule has 0 aromatic carbocycles. The lowest BCUT2D eigenvalue weighted by Crippen LogP contribution is -2.42. The third-order valence-corrected chi connectivity index (χ3v) is 2.26. The van der Waals surface area contributed by atoms with Gasteiger partial charge in [0.1, 0.15) is 0 Å². The van der Waals surface area contributed by atoms with Crippen molar-refractivity contribution in [2.75, 3.05) is 0 Å². The molecule has 0 aromatic rings. The van der Waals surface area contributed by atoms with E-state index in [2.05, 4.69) is 6.58 Å². The summed E-state index contributed by atoms with van der Waals surface area (Å²) in [5.74, 6) is 0. The van der Waals surface area contributed by atoms with Gasteiger partial charge in [0.25, 0.3) is 0 Å². The summed E-state index contributed by atoms with van der Waals surface area (Å²) in [6, 6.07) is 0.232. The molecule has 0 aliphatic carbocycles. The maximum atomic E-state index is 5.79. The van der Waals surface area contributed by atoms with Gasteiger partial charge in [0.2, 0.25) is 0 Å². The summed E-state index contributed by atoms with van der Waals surface area (Å²) in [5.41, 5.74) is 5.79. The highest BCUT2D eigenvalue weighted by molar-refractivity contribution is 4.82. The molecule has 0 unspecified atom stereocenters. The van der Waals surface area contributed by atoms with Gasteiger partial charge in [-0.15, -0.1) is 6.58 Å². The predicted octanol–water partition coefficient (Wildman–Crippen LogP) is 1.46. The Balaban J connectivity index is 2.33. The number of hydrogen-bond donors (Lipinski definition) is 1. The molecule has 2 heteroatoms. The predicted molar refractivity (Wildman–Crippen MR) is 46.4 cm³/mol. The van der Waals surface area contributed by atoms with E-state index in [1.807, 2.05) is 13.0 Å². The van der Waals surface area contributed by atoms with Crippen molar-refractivity contribution in [3.05, 3.63) is 12.7 Å². The molecule has 0 radical (unpaired) electrons. The highest BCUT2D eigenvalue weighted by atomic mass is 16.5. The lowest BCUT2D eigenvalue weighted by Gasteiger charge is -2.32. The van der Waals surface area contributed by atoms with E-state index in [-0.39, 0.29) is 12.1 Å². The second kappa shape index (κ2) is 3.88. The van der Waals surface area contributed by atoms with E-state index in [0.29, 0.717) is 6.10 Å². The van der Waals surface area contributed by atoms with Crippen LogP contribution in [-0.2, 0) is 4.74 Å². The van der Waals surface area contributed by atoms with Crippen molar-refractivity contribution < 1.29 is 4.74 Å². The standard InChI is InChI=1S/C9H17NO/c1-3-4-8-5-6-9(10)7(2)11-8/h3,7-9H,1,4-6,10H2,2H3/t7-,8+,9-/m1/s1. The average molecular weight is 155 g/mol. The first kappa shape index (κ1) is 8.75. The minimum absolute atomic E-state index is 0.216. The maximum absolute atomic E-state index is 5.79. The molecule has 1 saturated heterocycles. The van der Waals surface area contributed by atoms with Gasteiger partial charge in [-0.25, -0.2) is 0 Å². The number of hydrogen-bond acceptors (Lipinski definition) is 2. The SMILES string of the molecule is C=CC[C@H]1CC[C@@H](N)[C@@H](C)O1. The molecule has 0 bridgehead atoms. The molecule has 0 amide bonds. The van der Waals surface area contributed by atoms with E-state index < -0.39 is 0 Å². The van der Waals surface area contributed by atoms with Gasteiger partial charge in [-0.2, -0.15) is 0 Å². The Morgan fingerprint density at radius 2 is 2.36 bits per heavy atom. The lowest BCUT2D eigenvalue weighted by atomic mass is 9.99. The smallest absolute Gasteiger partial charge is 0.0701 e. The first-order chi connectivity index (χ1) is 5.24. The van der Waals surface area contributed by atoms with Crippen molar-refractivity contribution >= 4 is 0 Å². The largest absolute Gasteiger partial charge is 0.373 e. The maximum Gasteiger partial charge on any atom is 0.0701 e. The van der Waals surface area contributed by atoms with Crippen LogP contribution in [0.15, 0.2) is 12.7 Å². The minimum atomic E-state index is 0.216. The first-order valence-electron chi connectivity index (χ1n) is 4.26. The number of nitrogens with two attached hydrogens (primary N) is 1. The quantitative estimate of drug-likeness (QED) is 0.613. The van der Waals surface area contributed by atoms with Gasteiger partial charge in [-0.05, 0) is 26.2 Å². The van der Waals surface area contributed by atoms with Crippen LogP contribution >= 0.6 is 0 Å². The monoisotopic (exact) mass is 155 g/mol. The first-order valence-corrected chi connectivity index (χ1v) is 4.26. The highest BCUT2D eigenvalue weighted by Crippen LogP contribution is 2.20. The van der Waals surface area contributed by atoms with Crippen LogP contribution in [0.25, 0.3) is 0 Å². The van der Waals surface area contributed by atoms with Crippen molar-refractivity contribution in [1.29, 1.82) is 0 Å². The van der Waals surface area contributed by atoms with Crippen LogP contribution in [0.3, 0.4) is 0 Å². The molecule has 0 spiro atoms. The van der Waals surface area contributed by atoms with Crippen molar-refractivity contribution in [1.82, 2.24) is 0 Å². The summed E-state index contributed by atoms with van der Waals surface area (Å²) in [7, 11) is 0. The minimum Gasteiger partial charge on any atom is -0.373 e. The van der Waals surface area contributed by atoms with E-state index in [0.717, 1.165) is 19.3 Å². The summed E-state index contributed by atoms with van der Waals surface area (Å²) in [5, 5.41) is 0. The van der Waals surface area contributed by atoms with Gasteiger partial charge in [-0.1, -0.05) is 6.08 Å². The summed E-state index contributed by atoms with van der Waals surface area (Å²) in [6.07, 6.45) is 5.61. The van der Waals surface area contributed by atoms with Crippen LogP contribution < -0.4 is 5.73 Å². The van der Waals surface area contributed by atoms with Crippen LogP contribution in [0, 0.1) is 0 Å². The molecule has 1 heterocycles. The van der Waals surface area contributed by atoms with Gasteiger partial charge in [-0.3, -0.25) is 0 Å². The molecule has 1 fully saturated rings. The van der Waals surface area contributed by atoms with Crippen molar-refractivity contribution in [3.8, 4) is 0 Å². The van der Waals surface area contributed by atoms with Gasteiger partial charge in [0.15, 0.2) is 0 Å². The normalized spacial score (nSPS) is 38.5. The Bertz CT molecular complexity index is 136. The third kappa shape index (κ3) is 2.31. The van der Waals surface area contributed by atoms with Crippen molar-refractivity contribution in [2.24, 2.45) is 5.73 Å². The van der Waals surface area contributed by atoms with E-state index in [1.165, 1.54) is 0 Å². The fraction of sp³-hybridized carbons (Fsp3) is 0.778. The van der Waals surface area contributed by atoms with Crippen LogP contribution in [0.4, 0.5) is 0 Å². The summed E-state index contributed by atoms with van der Waals surface area (Å²) in [6.45, 7) is 5.73. The summed E-state index contributed by atoms with van der Waals surface area (Å²) >= 11 is 0. The molecular weight excluding hydrogens is 138 g/mol. The molecule has 2 nitrogen and oxygen atoms in total. The molecule has 2 N–H and O–H groups in total. The molecule has 0 saturated carbocycles. The topological polar surface area (TPSA) is 35.2 Å². The molecule has 1 rings (SSSR count). The van der Waals surface area contributed by atoms with Crippen molar-refractivity contribution in [3.63, 3.8) is 0 Å². The van der Waals surface area contributed by atoms with E-state index in [9.17, 15) is 0 Å². The third-order valence-electron chi connectivity index (χ3n) is 2.26. The molecule has 0 aromatic heterocycles. The molecule has 11 heavy (non-hydrogen) atoms. The highest BCUT2D eigenvalue weighted by Gasteiger charge is 2.24. The second-order valence-corrected chi connectivity index (χ2v) is 3.23. The Hall–Kier alpha value is -0.340. The zero-order valence-corrected chi connectivity index (χ0v) is 7.12. The fourth-order valence-corrected chi connectivity index (χ4v) is 1.44. The van der Waals surface area contributed by atoms with Crippen molar-refractivity contribution in [2.45, 2.75) is 44.4 Å². The van der Waals surface area contributed by atoms with Gasteiger partial charge < -0.3 is 10.5 Å². The molecule has 1 aliphatic heterocycles. The lowest BCUT2D eigenvalue weighted by molar-refractivity contribution is -0.0487. The zero-order chi connectivity index (χ0) is 8.27. The fourth-order valence-electron chi connectivity index (χ4n) is 1.44. The van der Waals surface area contributed by atoms with Crippen LogP contribution in [0.1, 0.15) is 26.2 Å². The summed E-state index contributed by atoms with van der Waals surface area (Å²) in [4.78, 5) is 0. The van der Waals surface area contributed by atoms with E-state index in [1.54, 1.807) is 0 Å². The van der Waals surface area contributed by atoms with Crippen LogP contribution in [-0.4, -0.2) is 18.2 Å². The van der Waals surface area contributed by atoms with Crippen LogP contribution in [0.5, 0.6) is 0 Å². The second-order valence-electron chi connectivity index (χ2n) is 3.23. The Morgan fingerprint density at radius 1 is 1.64 bits per heavy atom. The Morgan fingerprint density at radius 3 is 2.91 bits per heavy atom. The Labute approximate surface area is 68.4 Å². The van der Waals surface area contributed by atoms with Crippen LogP contribution in [0.2, 0.25) is 0 Å². The van der Waals surface area contributed by atoms with Gasteiger partial charge in [0.05, 0.1) is 12.2 Å². The van der Waals surface area contributed by atoms with Gasteiger partial charge >= 0.3 is 0 Å². The number of rotatable bonds is 2. The molecule has 3 atom stereocenters. The summed E-state index contributed by atoms with van der Waals surface area (Å²) < 4.78 is 5.64. The van der Waals surface area contributed by atoms with E-state index >= 15 is 0 Å². The average Bonchev–Trinajstić information content (AvgIpc) is 1.98. The number of ether oxygens (including phenoxy) is 1. The van der Waals surface area contributed by atoms with E-state index in [4.69, 9.17) is 10.5 Å². The molecule has 64 valence electrons. The Kier molecular flexibility index (Phi) is 3.09.